The molecule has 1 saturated heterocycles. The smallest absolute Gasteiger partial charge is 0.00114 e. The van der Waals surface area contributed by atoms with Crippen LogP contribution in [0.25, 0.3) is 0 Å². The van der Waals surface area contributed by atoms with E-state index in [4.69, 9.17) is 0 Å². The third-order valence-electron chi connectivity index (χ3n) is 4.28. The Hall–Kier alpha value is -0.820. The maximum atomic E-state index is 3.51. The van der Waals surface area contributed by atoms with Crippen molar-refractivity contribution < 1.29 is 0 Å². The normalized spacial score (nSPS) is 33.5. The van der Waals surface area contributed by atoms with Gasteiger partial charge in [-0.1, -0.05) is 31.2 Å². The monoisotopic (exact) mass is 201 g/mol. The summed E-state index contributed by atoms with van der Waals surface area (Å²) in [7, 11) is 0. The molecule has 0 amide bonds. The van der Waals surface area contributed by atoms with Gasteiger partial charge in [0.25, 0.3) is 0 Å². The van der Waals surface area contributed by atoms with E-state index in [-0.39, 0.29) is 0 Å². The Balaban J connectivity index is 1.76. The summed E-state index contributed by atoms with van der Waals surface area (Å²) in [6.45, 7) is 4.72. The van der Waals surface area contributed by atoms with Crippen molar-refractivity contribution in [1.82, 2.24) is 5.32 Å². The zero-order chi connectivity index (χ0) is 10.3. The third kappa shape index (κ3) is 1.50. The molecule has 1 aliphatic heterocycles. The summed E-state index contributed by atoms with van der Waals surface area (Å²) in [5.74, 6) is 2.74. The number of hydrogen-bond acceptors (Lipinski definition) is 1. The molecule has 2 aliphatic rings. The quantitative estimate of drug-likeness (QED) is 0.775. The van der Waals surface area contributed by atoms with Crippen molar-refractivity contribution in [2.75, 3.05) is 13.1 Å². The molecule has 0 radical (unpaired) electrons. The van der Waals surface area contributed by atoms with Gasteiger partial charge in [0, 0.05) is 0 Å². The summed E-state index contributed by atoms with van der Waals surface area (Å²) in [5, 5.41) is 3.51. The third-order valence-corrected chi connectivity index (χ3v) is 4.28. The summed E-state index contributed by atoms with van der Waals surface area (Å²) < 4.78 is 0. The lowest BCUT2D eigenvalue weighted by molar-refractivity contribution is 0.191. The summed E-state index contributed by atoms with van der Waals surface area (Å²) in [6, 6.07) is 9.28. The highest BCUT2D eigenvalue weighted by Crippen LogP contribution is 2.48. The molecule has 1 N–H and O–H groups in total. The van der Waals surface area contributed by atoms with Crippen molar-refractivity contribution in [3.63, 3.8) is 0 Å². The molecule has 1 heteroatoms. The van der Waals surface area contributed by atoms with E-state index in [0.717, 1.165) is 24.2 Å². The largest absolute Gasteiger partial charge is 0.316 e. The van der Waals surface area contributed by atoms with Gasteiger partial charge < -0.3 is 5.32 Å². The second-order valence-electron chi connectivity index (χ2n) is 5.02. The van der Waals surface area contributed by atoms with Crippen LogP contribution in [0.4, 0.5) is 0 Å². The van der Waals surface area contributed by atoms with Gasteiger partial charge in [0.2, 0.25) is 0 Å². The average Bonchev–Trinajstić information content (AvgIpc) is 2.61. The molecular weight excluding hydrogens is 182 g/mol. The van der Waals surface area contributed by atoms with Gasteiger partial charge in [0.05, 0.1) is 0 Å². The fraction of sp³-hybridized carbons (Fsp3) is 0.571. The minimum absolute atomic E-state index is 0.843. The predicted octanol–water partition coefficient (Wildman–Crippen LogP) is 2.57. The Morgan fingerprint density at radius 2 is 2.00 bits per heavy atom. The minimum atomic E-state index is 0.843. The first-order valence-electron chi connectivity index (χ1n) is 6.18. The molecule has 0 unspecified atom stereocenters. The Bertz CT molecular complexity index is 341. The van der Waals surface area contributed by atoms with E-state index in [0.29, 0.717) is 0 Å². The van der Waals surface area contributed by atoms with Crippen LogP contribution in [0.1, 0.15) is 30.4 Å². The lowest BCUT2D eigenvalue weighted by atomic mass is 9.64. The minimum Gasteiger partial charge on any atom is -0.316 e. The van der Waals surface area contributed by atoms with Crippen LogP contribution in [0.5, 0.6) is 0 Å². The van der Waals surface area contributed by atoms with Gasteiger partial charge in [-0.05, 0) is 54.8 Å². The van der Waals surface area contributed by atoms with Crippen LogP contribution in [0.15, 0.2) is 24.3 Å². The lowest BCUT2D eigenvalue weighted by Crippen LogP contribution is -2.33. The summed E-state index contributed by atoms with van der Waals surface area (Å²) >= 11 is 0. The summed E-state index contributed by atoms with van der Waals surface area (Å²) in [6.07, 6.45) is 2.56. The number of nitrogens with one attached hydrogen (secondary N) is 1. The van der Waals surface area contributed by atoms with Crippen molar-refractivity contribution >= 4 is 0 Å². The van der Waals surface area contributed by atoms with Crippen LogP contribution in [0.2, 0.25) is 0 Å². The van der Waals surface area contributed by atoms with Crippen molar-refractivity contribution in [2.24, 2.45) is 11.8 Å². The van der Waals surface area contributed by atoms with Crippen LogP contribution in [0, 0.1) is 11.8 Å². The molecule has 0 bridgehead atoms. The van der Waals surface area contributed by atoms with E-state index in [9.17, 15) is 0 Å². The van der Waals surface area contributed by atoms with Gasteiger partial charge in [-0.3, -0.25) is 0 Å². The Morgan fingerprint density at radius 1 is 1.20 bits per heavy atom. The van der Waals surface area contributed by atoms with Crippen molar-refractivity contribution in [1.29, 1.82) is 0 Å². The Kier molecular flexibility index (Phi) is 2.28. The molecule has 0 aromatic heterocycles. The number of fused-ring (bicyclic) bond motifs is 1. The van der Waals surface area contributed by atoms with Crippen LogP contribution >= 0.6 is 0 Å². The lowest BCUT2D eigenvalue weighted by Gasteiger charge is -2.40. The van der Waals surface area contributed by atoms with Gasteiger partial charge in [-0.2, -0.15) is 0 Å². The van der Waals surface area contributed by atoms with E-state index in [1.165, 1.54) is 25.1 Å². The molecule has 80 valence electrons. The highest BCUT2D eigenvalue weighted by atomic mass is 14.9. The number of hydrogen-bond donors (Lipinski definition) is 1. The van der Waals surface area contributed by atoms with Crippen LogP contribution < -0.4 is 5.32 Å². The molecule has 3 atom stereocenters. The molecule has 2 fully saturated rings. The molecular formula is C14H19N. The first-order chi connectivity index (χ1) is 7.38. The van der Waals surface area contributed by atoms with Gasteiger partial charge in [0.1, 0.15) is 0 Å². The predicted molar refractivity (Wildman–Crippen MR) is 63.0 cm³/mol. The Labute approximate surface area is 91.9 Å². The van der Waals surface area contributed by atoms with Crippen LogP contribution in [0.3, 0.4) is 0 Å². The second kappa shape index (κ2) is 3.64. The zero-order valence-electron chi connectivity index (χ0n) is 9.37. The van der Waals surface area contributed by atoms with E-state index in [2.05, 4.69) is 36.5 Å². The standard InChI is InChI=1S/C14H19N/c1-2-10-3-5-11(6-4-10)13-7-12-8-15-9-14(12)13/h3-6,12-15H,2,7-9H2,1H3/t12-,13+,14-/m1/s1. The highest BCUT2D eigenvalue weighted by molar-refractivity contribution is 5.28. The van der Waals surface area contributed by atoms with Crippen molar-refractivity contribution in [3.8, 4) is 0 Å². The van der Waals surface area contributed by atoms with Crippen molar-refractivity contribution in [3.05, 3.63) is 35.4 Å². The van der Waals surface area contributed by atoms with Crippen LogP contribution in [-0.4, -0.2) is 13.1 Å². The summed E-state index contributed by atoms with van der Waals surface area (Å²) in [4.78, 5) is 0. The second-order valence-corrected chi connectivity index (χ2v) is 5.02. The molecule has 1 aromatic carbocycles. The average molecular weight is 201 g/mol. The van der Waals surface area contributed by atoms with E-state index in [1.807, 2.05) is 0 Å². The van der Waals surface area contributed by atoms with E-state index >= 15 is 0 Å². The first kappa shape index (κ1) is 9.41. The highest BCUT2D eigenvalue weighted by Gasteiger charge is 2.44. The number of benzene rings is 1. The van der Waals surface area contributed by atoms with Crippen LogP contribution in [-0.2, 0) is 6.42 Å². The molecule has 1 nitrogen and oxygen atoms in total. The molecule has 1 heterocycles. The molecule has 1 aliphatic carbocycles. The van der Waals surface area contributed by atoms with Gasteiger partial charge >= 0.3 is 0 Å². The number of aryl methyl sites for hydroxylation is 1. The van der Waals surface area contributed by atoms with Gasteiger partial charge in [0.15, 0.2) is 0 Å². The topological polar surface area (TPSA) is 12.0 Å². The molecule has 1 saturated carbocycles. The Morgan fingerprint density at radius 3 is 2.67 bits per heavy atom. The molecule has 0 spiro atoms. The number of rotatable bonds is 2. The maximum absolute atomic E-state index is 3.51. The fourth-order valence-electron chi connectivity index (χ4n) is 3.17. The molecule has 3 rings (SSSR count). The van der Waals surface area contributed by atoms with E-state index in [1.54, 1.807) is 5.56 Å². The maximum Gasteiger partial charge on any atom is -0.00114 e. The molecule has 1 aromatic rings. The fourth-order valence-corrected chi connectivity index (χ4v) is 3.17. The van der Waals surface area contributed by atoms with Gasteiger partial charge in [-0.15, -0.1) is 0 Å². The summed E-state index contributed by atoms with van der Waals surface area (Å²) in [5.41, 5.74) is 3.02. The zero-order valence-corrected chi connectivity index (χ0v) is 9.37. The SMILES string of the molecule is CCc1ccc([C@@H]2C[C@@H]3CNC[C@H]32)cc1. The van der Waals surface area contributed by atoms with Gasteiger partial charge in [-0.25, -0.2) is 0 Å². The molecule has 15 heavy (non-hydrogen) atoms. The van der Waals surface area contributed by atoms with E-state index < -0.39 is 0 Å². The van der Waals surface area contributed by atoms with Crippen molar-refractivity contribution in [2.45, 2.75) is 25.7 Å². The first-order valence-corrected chi connectivity index (χ1v) is 6.18.